The van der Waals surface area contributed by atoms with E-state index < -0.39 is 0 Å². The lowest BCUT2D eigenvalue weighted by molar-refractivity contribution is -0.117. The van der Waals surface area contributed by atoms with E-state index in [9.17, 15) is 4.79 Å². The topological polar surface area (TPSA) is 34.9 Å². The summed E-state index contributed by atoms with van der Waals surface area (Å²) in [5.74, 6) is 0.216. The summed E-state index contributed by atoms with van der Waals surface area (Å²) in [5, 5.41) is 6.47. The van der Waals surface area contributed by atoms with Crippen LogP contribution >= 0.6 is 0 Å². The molecule has 100 valence electrons. The summed E-state index contributed by atoms with van der Waals surface area (Å²) >= 11 is 0. The van der Waals surface area contributed by atoms with Crippen LogP contribution < -0.4 is 0 Å². The lowest BCUT2D eigenvalue weighted by Gasteiger charge is -2.03. The highest BCUT2D eigenvalue weighted by Gasteiger charge is 2.07. The van der Waals surface area contributed by atoms with Gasteiger partial charge in [0.25, 0.3) is 0 Å². The first-order valence-electron chi connectivity index (χ1n) is 6.67. The number of hydrogen-bond donors (Lipinski definition) is 0. The predicted octanol–water partition coefficient (Wildman–Crippen LogP) is 2.93. The van der Waals surface area contributed by atoms with Gasteiger partial charge in [-0.25, -0.2) is 0 Å². The van der Waals surface area contributed by atoms with Gasteiger partial charge in [0.2, 0.25) is 0 Å². The van der Waals surface area contributed by atoms with Crippen LogP contribution in [-0.4, -0.2) is 15.6 Å². The van der Waals surface area contributed by atoms with Crippen LogP contribution in [0.5, 0.6) is 0 Å². The van der Waals surface area contributed by atoms with Crippen molar-refractivity contribution in [1.29, 1.82) is 0 Å². The minimum absolute atomic E-state index is 0.216. The van der Waals surface area contributed by atoms with Crippen molar-refractivity contribution in [1.82, 2.24) is 9.78 Å². The van der Waals surface area contributed by atoms with Crippen LogP contribution in [0, 0.1) is 0 Å². The zero-order valence-electron chi connectivity index (χ0n) is 11.4. The van der Waals surface area contributed by atoms with E-state index in [0.717, 1.165) is 11.1 Å². The minimum Gasteiger partial charge on any atom is -0.299 e. The maximum absolute atomic E-state index is 12.1. The number of carbonyl (C=O) groups excluding carboxylic acids is 1. The second kappa shape index (κ2) is 5.29. The molecule has 0 aliphatic carbocycles. The Hall–Kier alpha value is -2.42. The van der Waals surface area contributed by atoms with Crippen LogP contribution in [0.1, 0.15) is 11.1 Å². The number of ketones is 1. The van der Waals surface area contributed by atoms with E-state index in [-0.39, 0.29) is 5.78 Å². The molecule has 1 aromatic heterocycles. The molecular formula is C17H16N2O. The quantitative estimate of drug-likeness (QED) is 0.726. The smallest absolute Gasteiger partial charge is 0.141 e. The first kappa shape index (κ1) is 12.6. The molecule has 3 nitrogen and oxygen atoms in total. The van der Waals surface area contributed by atoms with E-state index in [1.807, 2.05) is 31.4 Å². The Balaban J connectivity index is 1.73. The molecule has 20 heavy (non-hydrogen) atoms. The number of aromatic nitrogens is 2. The molecule has 0 aliphatic heterocycles. The van der Waals surface area contributed by atoms with Crippen molar-refractivity contribution in [3.8, 4) is 0 Å². The normalized spacial score (nSPS) is 10.8. The van der Waals surface area contributed by atoms with Crippen molar-refractivity contribution in [2.45, 2.75) is 12.8 Å². The second-order valence-corrected chi connectivity index (χ2v) is 5.10. The van der Waals surface area contributed by atoms with E-state index >= 15 is 0 Å². The maximum atomic E-state index is 12.1. The predicted molar refractivity (Wildman–Crippen MR) is 79.6 cm³/mol. The molecule has 0 radical (unpaired) electrons. The van der Waals surface area contributed by atoms with Crippen molar-refractivity contribution >= 4 is 16.6 Å². The van der Waals surface area contributed by atoms with Gasteiger partial charge in [-0.1, -0.05) is 42.5 Å². The SMILES string of the molecule is Cn1cc(CC(=O)Cc2ccc3ccccc3c2)cn1. The number of hydrogen-bond acceptors (Lipinski definition) is 2. The third kappa shape index (κ3) is 2.77. The second-order valence-electron chi connectivity index (χ2n) is 5.10. The standard InChI is InChI=1S/C17H16N2O/c1-19-12-14(11-18-19)10-17(20)9-13-6-7-15-4-2-3-5-16(15)8-13/h2-8,11-12H,9-10H2,1H3. The zero-order valence-corrected chi connectivity index (χ0v) is 11.4. The molecule has 0 bridgehead atoms. The van der Waals surface area contributed by atoms with Gasteiger partial charge < -0.3 is 0 Å². The van der Waals surface area contributed by atoms with Crippen LogP contribution in [-0.2, 0) is 24.7 Å². The first-order chi connectivity index (χ1) is 9.70. The van der Waals surface area contributed by atoms with Gasteiger partial charge in [0, 0.05) is 26.1 Å². The fourth-order valence-electron chi connectivity index (χ4n) is 2.43. The number of aryl methyl sites for hydroxylation is 1. The summed E-state index contributed by atoms with van der Waals surface area (Å²) in [6, 6.07) is 14.4. The summed E-state index contributed by atoms with van der Waals surface area (Å²) in [4.78, 5) is 12.1. The highest BCUT2D eigenvalue weighted by molar-refractivity contribution is 5.86. The van der Waals surface area contributed by atoms with Gasteiger partial charge in [0.05, 0.1) is 6.20 Å². The lowest BCUT2D eigenvalue weighted by Crippen LogP contribution is -2.06. The molecule has 1 heterocycles. The Morgan fingerprint density at radius 3 is 2.55 bits per heavy atom. The fraction of sp³-hybridized carbons (Fsp3) is 0.176. The molecule has 0 fully saturated rings. The lowest BCUT2D eigenvalue weighted by atomic mass is 10.0. The number of rotatable bonds is 4. The molecule has 0 saturated carbocycles. The summed E-state index contributed by atoms with van der Waals surface area (Å²) in [6.45, 7) is 0. The molecular weight excluding hydrogens is 248 g/mol. The molecule has 2 aromatic carbocycles. The number of carbonyl (C=O) groups is 1. The van der Waals surface area contributed by atoms with Gasteiger partial charge in [-0.15, -0.1) is 0 Å². The van der Waals surface area contributed by atoms with Gasteiger partial charge in [0.1, 0.15) is 5.78 Å². The minimum atomic E-state index is 0.216. The van der Waals surface area contributed by atoms with Crippen LogP contribution in [0.2, 0.25) is 0 Å². The monoisotopic (exact) mass is 264 g/mol. The molecule has 0 atom stereocenters. The third-order valence-electron chi connectivity index (χ3n) is 3.37. The van der Waals surface area contributed by atoms with Crippen molar-refractivity contribution in [3.05, 3.63) is 66.0 Å². The molecule has 0 amide bonds. The molecule has 0 aliphatic rings. The number of nitrogens with zero attached hydrogens (tertiary/aromatic N) is 2. The molecule has 3 aromatic rings. The Kier molecular flexibility index (Phi) is 3.33. The van der Waals surface area contributed by atoms with Crippen molar-refractivity contribution in [2.24, 2.45) is 7.05 Å². The molecule has 3 heteroatoms. The van der Waals surface area contributed by atoms with E-state index in [2.05, 4.69) is 29.4 Å². The highest BCUT2D eigenvalue weighted by Crippen LogP contribution is 2.16. The third-order valence-corrected chi connectivity index (χ3v) is 3.37. The van der Waals surface area contributed by atoms with E-state index in [0.29, 0.717) is 12.8 Å². The fourth-order valence-corrected chi connectivity index (χ4v) is 2.43. The Morgan fingerprint density at radius 2 is 1.80 bits per heavy atom. The van der Waals surface area contributed by atoms with E-state index in [1.54, 1.807) is 10.9 Å². The van der Waals surface area contributed by atoms with Crippen LogP contribution in [0.3, 0.4) is 0 Å². The summed E-state index contributed by atoms with van der Waals surface area (Å²) in [6.07, 6.45) is 4.55. The summed E-state index contributed by atoms with van der Waals surface area (Å²) < 4.78 is 1.72. The average molecular weight is 264 g/mol. The van der Waals surface area contributed by atoms with E-state index in [4.69, 9.17) is 0 Å². The Morgan fingerprint density at radius 1 is 1.05 bits per heavy atom. The van der Waals surface area contributed by atoms with Crippen LogP contribution in [0.4, 0.5) is 0 Å². The Bertz CT molecular complexity index is 758. The van der Waals surface area contributed by atoms with Gasteiger partial charge >= 0.3 is 0 Å². The van der Waals surface area contributed by atoms with Gasteiger partial charge in [-0.2, -0.15) is 5.10 Å². The first-order valence-corrected chi connectivity index (χ1v) is 6.67. The van der Waals surface area contributed by atoms with Gasteiger partial charge in [-0.3, -0.25) is 9.48 Å². The molecule has 0 unspecified atom stereocenters. The molecule has 3 rings (SSSR count). The largest absolute Gasteiger partial charge is 0.299 e. The van der Waals surface area contributed by atoms with Crippen LogP contribution in [0.15, 0.2) is 54.9 Å². The van der Waals surface area contributed by atoms with Gasteiger partial charge in [-0.05, 0) is 21.9 Å². The zero-order chi connectivity index (χ0) is 13.9. The van der Waals surface area contributed by atoms with Crippen molar-refractivity contribution in [3.63, 3.8) is 0 Å². The van der Waals surface area contributed by atoms with Gasteiger partial charge in [0.15, 0.2) is 0 Å². The number of benzene rings is 2. The number of fused-ring (bicyclic) bond motifs is 1. The van der Waals surface area contributed by atoms with Crippen LogP contribution in [0.25, 0.3) is 10.8 Å². The van der Waals surface area contributed by atoms with Crippen molar-refractivity contribution < 1.29 is 4.79 Å². The molecule has 0 N–H and O–H groups in total. The average Bonchev–Trinajstić information content (AvgIpc) is 2.83. The maximum Gasteiger partial charge on any atom is 0.141 e. The van der Waals surface area contributed by atoms with E-state index in [1.165, 1.54) is 10.8 Å². The summed E-state index contributed by atoms with van der Waals surface area (Å²) in [7, 11) is 1.86. The highest BCUT2D eigenvalue weighted by atomic mass is 16.1. The summed E-state index contributed by atoms with van der Waals surface area (Å²) in [5.41, 5.74) is 2.04. The molecule has 0 spiro atoms. The van der Waals surface area contributed by atoms with Crippen molar-refractivity contribution in [2.75, 3.05) is 0 Å². The molecule has 0 saturated heterocycles. The number of Topliss-reactive ketones (excluding diaryl/α,β-unsaturated/α-hetero) is 1. The Labute approximate surface area is 117 Å².